The summed E-state index contributed by atoms with van der Waals surface area (Å²) in [6, 6.07) is 4.59. The van der Waals surface area contributed by atoms with Crippen molar-refractivity contribution in [2.75, 3.05) is 0 Å². The van der Waals surface area contributed by atoms with E-state index in [0.29, 0.717) is 23.7 Å². The van der Waals surface area contributed by atoms with Crippen molar-refractivity contribution in [1.82, 2.24) is 10.1 Å². The lowest BCUT2D eigenvalue weighted by molar-refractivity contribution is 0.116. The van der Waals surface area contributed by atoms with Crippen LogP contribution in [0.1, 0.15) is 25.3 Å². The van der Waals surface area contributed by atoms with Crippen LogP contribution in [-0.2, 0) is 6.42 Å². The van der Waals surface area contributed by atoms with Gasteiger partial charge in [-0.3, -0.25) is 0 Å². The number of hydrogen-bond acceptors (Lipinski definition) is 4. The molecule has 1 aromatic carbocycles. The summed E-state index contributed by atoms with van der Waals surface area (Å²) < 4.78 is 18.4. The second-order valence-electron chi connectivity index (χ2n) is 5.04. The molecule has 0 saturated carbocycles. The fourth-order valence-corrected chi connectivity index (χ4v) is 1.74. The van der Waals surface area contributed by atoms with E-state index in [1.807, 2.05) is 13.8 Å². The van der Waals surface area contributed by atoms with E-state index in [-0.39, 0.29) is 11.7 Å². The molecule has 1 N–H and O–H groups in total. The second-order valence-corrected chi connectivity index (χ2v) is 5.04. The van der Waals surface area contributed by atoms with Gasteiger partial charge in [0.25, 0.3) is 0 Å². The molecule has 0 bridgehead atoms. The number of rotatable bonds is 4. The van der Waals surface area contributed by atoms with Gasteiger partial charge in [-0.1, -0.05) is 19.0 Å². The van der Waals surface area contributed by atoms with Crippen LogP contribution in [0.25, 0.3) is 11.4 Å². The van der Waals surface area contributed by atoms with Crippen LogP contribution in [-0.4, -0.2) is 21.4 Å². The maximum Gasteiger partial charge on any atom is 0.229 e. The summed E-state index contributed by atoms with van der Waals surface area (Å²) in [6.07, 6.45) is -0.221. The van der Waals surface area contributed by atoms with Crippen molar-refractivity contribution in [1.29, 1.82) is 0 Å². The van der Waals surface area contributed by atoms with Gasteiger partial charge in [0.2, 0.25) is 11.7 Å². The van der Waals surface area contributed by atoms with Gasteiger partial charge in [0.1, 0.15) is 5.82 Å². The van der Waals surface area contributed by atoms with Crippen molar-refractivity contribution < 1.29 is 14.0 Å². The third kappa shape index (κ3) is 3.38. The zero-order chi connectivity index (χ0) is 14.0. The molecule has 5 heteroatoms. The van der Waals surface area contributed by atoms with Crippen LogP contribution in [0.3, 0.4) is 0 Å². The molecule has 2 aromatic rings. The third-order valence-corrected chi connectivity index (χ3v) is 2.92. The van der Waals surface area contributed by atoms with E-state index in [1.165, 1.54) is 12.1 Å². The minimum atomic E-state index is -0.525. The van der Waals surface area contributed by atoms with Gasteiger partial charge in [-0.05, 0) is 36.6 Å². The van der Waals surface area contributed by atoms with E-state index in [1.54, 1.807) is 13.0 Å². The van der Waals surface area contributed by atoms with E-state index >= 15 is 0 Å². The van der Waals surface area contributed by atoms with Crippen LogP contribution in [0.4, 0.5) is 4.39 Å². The number of aromatic nitrogens is 2. The Bertz CT molecular complexity index is 546. The van der Waals surface area contributed by atoms with Gasteiger partial charge in [0.05, 0.1) is 12.5 Å². The molecule has 19 heavy (non-hydrogen) atoms. The zero-order valence-corrected chi connectivity index (χ0v) is 11.2. The van der Waals surface area contributed by atoms with Crippen LogP contribution in [0.15, 0.2) is 22.7 Å². The van der Waals surface area contributed by atoms with Crippen LogP contribution in [0.2, 0.25) is 0 Å². The molecule has 4 nitrogen and oxygen atoms in total. The first-order chi connectivity index (χ1) is 8.95. The lowest BCUT2D eigenvalue weighted by Gasteiger charge is -2.10. The van der Waals surface area contributed by atoms with Crippen LogP contribution >= 0.6 is 0 Å². The number of hydrogen-bond donors (Lipinski definition) is 1. The number of aryl methyl sites for hydroxylation is 1. The highest BCUT2D eigenvalue weighted by atomic mass is 19.1. The topological polar surface area (TPSA) is 59.2 Å². The Morgan fingerprint density at radius 1 is 1.32 bits per heavy atom. The van der Waals surface area contributed by atoms with E-state index in [2.05, 4.69) is 10.1 Å². The number of halogens is 1. The van der Waals surface area contributed by atoms with Gasteiger partial charge in [-0.25, -0.2) is 4.39 Å². The predicted molar refractivity (Wildman–Crippen MR) is 69.0 cm³/mol. The summed E-state index contributed by atoms with van der Waals surface area (Å²) in [7, 11) is 0. The molecule has 2 rings (SSSR count). The van der Waals surface area contributed by atoms with Crippen molar-refractivity contribution in [3.8, 4) is 11.4 Å². The molecule has 1 aromatic heterocycles. The summed E-state index contributed by atoms with van der Waals surface area (Å²) >= 11 is 0. The highest BCUT2D eigenvalue weighted by Gasteiger charge is 2.16. The fraction of sp³-hybridized carbons (Fsp3) is 0.429. The molecule has 0 aliphatic rings. The normalized spacial score (nSPS) is 12.9. The molecule has 0 amide bonds. The van der Waals surface area contributed by atoms with E-state index in [4.69, 9.17) is 4.52 Å². The maximum absolute atomic E-state index is 13.3. The quantitative estimate of drug-likeness (QED) is 0.922. The first kappa shape index (κ1) is 13.7. The van der Waals surface area contributed by atoms with Crippen LogP contribution in [0, 0.1) is 18.7 Å². The average Bonchev–Trinajstić information content (AvgIpc) is 2.76. The van der Waals surface area contributed by atoms with E-state index < -0.39 is 6.10 Å². The largest absolute Gasteiger partial charge is 0.392 e. The standard InChI is InChI=1S/C14H17FN2O2/c1-8(2)12(18)7-13-16-14(17-19-13)10-4-9(3)5-11(15)6-10/h4-6,8,12,18H,7H2,1-3H3. The Labute approximate surface area is 111 Å². The minimum Gasteiger partial charge on any atom is -0.392 e. The molecule has 0 spiro atoms. The molecular weight excluding hydrogens is 247 g/mol. The third-order valence-electron chi connectivity index (χ3n) is 2.92. The van der Waals surface area contributed by atoms with Gasteiger partial charge in [-0.15, -0.1) is 0 Å². The summed E-state index contributed by atoms with van der Waals surface area (Å²) in [5, 5.41) is 13.6. The summed E-state index contributed by atoms with van der Waals surface area (Å²) in [6.45, 7) is 5.63. The van der Waals surface area contributed by atoms with Crippen LogP contribution in [0.5, 0.6) is 0 Å². The van der Waals surface area contributed by atoms with Crippen molar-refractivity contribution in [3.05, 3.63) is 35.5 Å². The summed E-state index contributed by atoms with van der Waals surface area (Å²) in [5.41, 5.74) is 1.37. The Hall–Kier alpha value is -1.75. The van der Waals surface area contributed by atoms with Crippen molar-refractivity contribution >= 4 is 0 Å². The molecular formula is C14H17FN2O2. The summed E-state index contributed by atoms with van der Waals surface area (Å²) in [5.74, 6) is 0.488. The van der Waals surface area contributed by atoms with E-state index in [9.17, 15) is 9.50 Å². The average molecular weight is 264 g/mol. The second kappa shape index (κ2) is 5.48. The van der Waals surface area contributed by atoms with Gasteiger partial charge >= 0.3 is 0 Å². The number of benzene rings is 1. The van der Waals surface area contributed by atoms with Crippen molar-refractivity contribution in [2.45, 2.75) is 33.3 Å². The first-order valence-corrected chi connectivity index (χ1v) is 6.24. The Morgan fingerprint density at radius 2 is 2.05 bits per heavy atom. The minimum absolute atomic E-state index is 0.117. The highest BCUT2D eigenvalue weighted by Crippen LogP contribution is 2.20. The summed E-state index contributed by atoms with van der Waals surface area (Å²) in [4.78, 5) is 4.18. The Kier molecular flexibility index (Phi) is 3.95. The van der Waals surface area contributed by atoms with Gasteiger partial charge < -0.3 is 9.63 Å². The van der Waals surface area contributed by atoms with Gasteiger partial charge in [0, 0.05) is 5.56 Å². The Balaban J connectivity index is 2.21. The molecule has 102 valence electrons. The van der Waals surface area contributed by atoms with Crippen LogP contribution < -0.4 is 0 Å². The molecule has 1 heterocycles. The van der Waals surface area contributed by atoms with Gasteiger partial charge in [-0.2, -0.15) is 4.98 Å². The first-order valence-electron chi connectivity index (χ1n) is 6.24. The lowest BCUT2D eigenvalue weighted by atomic mass is 10.0. The van der Waals surface area contributed by atoms with Crippen molar-refractivity contribution in [3.63, 3.8) is 0 Å². The number of aliphatic hydroxyl groups is 1. The SMILES string of the molecule is Cc1cc(F)cc(-c2noc(CC(O)C(C)C)n2)c1. The van der Waals surface area contributed by atoms with Crippen molar-refractivity contribution in [2.24, 2.45) is 5.92 Å². The molecule has 0 aliphatic heterocycles. The maximum atomic E-state index is 13.3. The number of aliphatic hydroxyl groups excluding tert-OH is 1. The molecule has 0 aliphatic carbocycles. The smallest absolute Gasteiger partial charge is 0.229 e. The lowest BCUT2D eigenvalue weighted by Crippen LogP contribution is -2.17. The molecule has 1 atom stereocenters. The van der Waals surface area contributed by atoms with E-state index in [0.717, 1.165) is 5.56 Å². The zero-order valence-electron chi connectivity index (χ0n) is 11.2. The Morgan fingerprint density at radius 3 is 2.68 bits per heavy atom. The molecule has 1 unspecified atom stereocenters. The number of nitrogens with zero attached hydrogens (tertiary/aromatic N) is 2. The fourth-order valence-electron chi connectivity index (χ4n) is 1.74. The predicted octanol–water partition coefficient (Wildman–Crippen LogP) is 2.74. The monoisotopic (exact) mass is 264 g/mol. The highest BCUT2D eigenvalue weighted by molar-refractivity contribution is 5.55. The molecule has 0 radical (unpaired) electrons. The molecule has 0 fully saturated rings. The van der Waals surface area contributed by atoms with Gasteiger partial charge in [0.15, 0.2) is 0 Å². The molecule has 0 saturated heterocycles.